The lowest BCUT2D eigenvalue weighted by Gasteiger charge is -1.37. The Morgan fingerprint density at radius 1 is 1.20 bits per heavy atom. The minimum atomic E-state index is 1.62. The second kappa shape index (κ2) is 3.28. The van der Waals surface area contributed by atoms with Gasteiger partial charge in [-0.3, -0.25) is 0 Å². The first-order valence-corrected chi connectivity index (χ1v) is 1.30. The molecule has 0 radical (unpaired) electrons. The first kappa shape index (κ1) is 4.28. The van der Waals surface area contributed by atoms with Gasteiger partial charge in [0.1, 0.15) is 12.5 Å². The molecule has 1 aliphatic rings. The highest BCUT2D eigenvalue weighted by molar-refractivity contribution is 4.76. The molecule has 1 rings (SSSR count). The van der Waals surface area contributed by atoms with E-state index in [1.807, 2.05) is 0 Å². The number of hydrogen-bond donors (Lipinski definition) is 0. The molecule has 0 saturated heterocycles. The largest absolute Gasteiger partial charge is 0.466 e. The Morgan fingerprint density at radius 2 is 1.40 bits per heavy atom. The van der Waals surface area contributed by atoms with Gasteiger partial charge in [0.2, 0.25) is 0 Å². The van der Waals surface area contributed by atoms with Crippen LogP contribution in [0.2, 0.25) is 0 Å². The van der Waals surface area contributed by atoms with E-state index in [1.165, 1.54) is 0 Å². The summed E-state index contributed by atoms with van der Waals surface area (Å²) in [5.41, 5.74) is 0. The molecule has 1 heterocycles. The van der Waals surface area contributed by atoms with Crippen LogP contribution in [-0.2, 0) is 4.74 Å². The van der Waals surface area contributed by atoms with Crippen molar-refractivity contribution < 1.29 is 4.74 Å². The van der Waals surface area contributed by atoms with E-state index in [0.29, 0.717) is 0 Å². The van der Waals surface area contributed by atoms with Crippen molar-refractivity contribution in [3.63, 3.8) is 0 Å². The quantitative estimate of drug-likeness (QED) is 0.391. The van der Waals surface area contributed by atoms with Crippen molar-refractivity contribution in [2.75, 3.05) is 0 Å². The summed E-state index contributed by atoms with van der Waals surface area (Å²) in [4.78, 5) is 0. The standard InChI is InChI=1S/C2H2O.C2H4/c1-2-3-1;1-2/h1-2H;1-2H2. The molecule has 5 heavy (non-hydrogen) atoms. The maximum absolute atomic E-state index is 4.25. The third-order valence-electron chi connectivity index (χ3n) is 0.136. The minimum Gasteiger partial charge on any atom is -0.466 e. The van der Waals surface area contributed by atoms with Gasteiger partial charge in [0.25, 0.3) is 0 Å². The lowest BCUT2D eigenvalue weighted by atomic mass is 11.3. The molecule has 0 N–H and O–H groups in total. The molecule has 1 aliphatic heterocycles. The molecule has 1 heteroatoms. The van der Waals surface area contributed by atoms with Crippen molar-refractivity contribution in [1.29, 1.82) is 0 Å². The van der Waals surface area contributed by atoms with Crippen LogP contribution in [0.1, 0.15) is 0 Å². The molecule has 0 aromatic rings. The summed E-state index contributed by atoms with van der Waals surface area (Å²) in [6.07, 6.45) is 3.25. The monoisotopic (exact) mass is 70.0 g/mol. The normalized spacial score (nSPS) is 10.4. The van der Waals surface area contributed by atoms with Gasteiger partial charge < -0.3 is 4.74 Å². The maximum Gasteiger partial charge on any atom is 0.125 e. The van der Waals surface area contributed by atoms with Gasteiger partial charge >= 0.3 is 0 Å². The van der Waals surface area contributed by atoms with Gasteiger partial charge in [-0.15, -0.1) is 13.2 Å². The molecule has 1 nitrogen and oxygen atoms in total. The van der Waals surface area contributed by atoms with Crippen molar-refractivity contribution in [1.82, 2.24) is 0 Å². The van der Waals surface area contributed by atoms with Gasteiger partial charge in [-0.25, -0.2) is 0 Å². The zero-order valence-electron chi connectivity index (χ0n) is 2.98. The van der Waals surface area contributed by atoms with Crippen LogP contribution in [0.25, 0.3) is 0 Å². The summed E-state index contributed by atoms with van der Waals surface area (Å²) in [7, 11) is 0. The van der Waals surface area contributed by atoms with Crippen LogP contribution in [0.4, 0.5) is 0 Å². The van der Waals surface area contributed by atoms with Crippen molar-refractivity contribution in [2.24, 2.45) is 0 Å². The molecule has 0 fully saturated rings. The van der Waals surface area contributed by atoms with E-state index < -0.39 is 0 Å². The van der Waals surface area contributed by atoms with Gasteiger partial charge in [-0.1, -0.05) is 0 Å². The predicted octanol–water partition coefficient (Wildman–Crippen LogP) is 1.29. The summed E-state index contributed by atoms with van der Waals surface area (Å²) in [5.74, 6) is 0. The number of rotatable bonds is 0. The first-order valence-electron chi connectivity index (χ1n) is 1.30. The third kappa shape index (κ3) is 68.5. The molecule has 0 aliphatic carbocycles. The molecule has 0 atom stereocenters. The maximum atomic E-state index is 4.25. The van der Waals surface area contributed by atoms with E-state index in [1.54, 1.807) is 12.5 Å². The van der Waals surface area contributed by atoms with Crippen molar-refractivity contribution in [3.05, 3.63) is 25.7 Å². The van der Waals surface area contributed by atoms with Crippen LogP contribution < -0.4 is 0 Å². The Morgan fingerprint density at radius 3 is 1.40 bits per heavy atom. The van der Waals surface area contributed by atoms with Gasteiger partial charge in [0.05, 0.1) is 0 Å². The lowest BCUT2D eigenvalue weighted by molar-refractivity contribution is 0.541. The highest BCUT2D eigenvalue weighted by Crippen LogP contribution is 1.89. The van der Waals surface area contributed by atoms with Crippen LogP contribution in [0.15, 0.2) is 25.7 Å². The predicted molar refractivity (Wildman–Crippen MR) is 21.5 cm³/mol. The summed E-state index contributed by atoms with van der Waals surface area (Å²) < 4.78 is 4.25. The highest BCUT2D eigenvalue weighted by atomic mass is 16.5. The smallest absolute Gasteiger partial charge is 0.125 e. The van der Waals surface area contributed by atoms with Crippen molar-refractivity contribution >= 4 is 0 Å². The van der Waals surface area contributed by atoms with E-state index in [2.05, 4.69) is 17.9 Å². The molecular weight excluding hydrogens is 64.0 g/mol. The van der Waals surface area contributed by atoms with Gasteiger partial charge in [-0.05, 0) is 0 Å². The molecule has 0 aromatic carbocycles. The van der Waals surface area contributed by atoms with Gasteiger partial charge in [-0.2, -0.15) is 0 Å². The lowest BCUT2D eigenvalue weighted by Crippen LogP contribution is -1.09. The Bertz CT molecular complexity index is 34.9. The zero-order chi connectivity index (χ0) is 4.12. The Labute approximate surface area is 31.6 Å². The summed E-state index contributed by atoms with van der Waals surface area (Å²) in [6.45, 7) is 6.00. The van der Waals surface area contributed by atoms with Crippen molar-refractivity contribution in [2.45, 2.75) is 0 Å². The molecule has 0 bridgehead atoms. The van der Waals surface area contributed by atoms with Crippen LogP contribution in [0.3, 0.4) is 0 Å². The molecular formula is C4H6O. The molecule has 0 aromatic heterocycles. The van der Waals surface area contributed by atoms with E-state index in [9.17, 15) is 0 Å². The summed E-state index contributed by atoms with van der Waals surface area (Å²) in [6, 6.07) is 0. The van der Waals surface area contributed by atoms with E-state index in [4.69, 9.17) is 0 Å². The third-order valence-corrected chi connectivity index (χ3v) is 0.136. The van der Waals surface area contributed by atoms with E-state index in [0.717, 1.165) is 0 Å². The average Bonchev–Trinajstić information content (AvgIpc) is 2.19. The SMILES string of the molecule is C1=CO1.C=C. The average molecular weight is 70.1 g/mol. The number of hydrogen-bond acceptors (Lipinski definition) is 1. The fourth-order valence-electron chi connectivity index (χ4n) is 0. The Hall–Kier alpha value is -0.720. The fraction of sp³-hybridized carbons (Fsp3) is 0. The molecule has 0 unspecified atom stereocenters. The Kier molecular flexibility index (Phi) is 2.81. The van der Waals surface area contributed by atoms with Crippen LogP contribution in [-0.4, -0.2) is 0 Å². The second-order valence-corrected chi connectivity index (χ2v) is 0.408. The van der Waals surface area contributed by atoms with Crippen molar-refractivity contribution in [3.8, 4) is 0 Å². The molecule has 0 amide bonds. The van der Waals surface area contributed by atoms with Gasteiger partial charge in [0, 0.05) is 0 Å². The topological polar surface area (TPSA) is 12.5 Å². The van der Waals surface area contributed by atoms with Crippen LogP contribution in [0, 0.1) is 0 Å². The van der Waals surface area contributed by atoms with E-state index >= 15 is 0 Å². The molecule has 0 saturated carbocycles. The number of ether oxygens (including phenoxy) is 1. The second-order valence-electron chi connectivity index (χ2n) is 0.408. The van der Waals surface area contributed by atoms with Crippen LogP contribution in [0.5, 0.6) is 0 Å². The Balaban J connectivity index is 0.0000000733. The van der Waals surface area contributed by atoms with Crippen LogP contribution >= 0.6 is 0 Å². The first-order chi connectivity index (χ1) is 2.50. The highest BCUT2D eigenvalue weighted by Gasteiger charge is 1.74. The summed E-state index contributed by atoms with van der Waals surface area (Å²) in [5, 5.41) is 0. The van der Waals surface area contributed by atoms with E-state index in [-0.39, 0.29) is 0 Å². The molecule has 0 spiro atoms. The summed E-state index contributed by atoms with van der Waals surface area (Å²) >= 11 is 0. The molecule has 28 valence electrons. The fourth-order valence-corrected chi connectivity index (χ4v) is 0. The minimum absolute atomic E-state index is 1.62. The van der Waals surface area contributed by atoms with Gasteiger partial charge in [0.15, 0.2) is 0 Å². The zero-order valence-corrected chi connectivity index (χ0v) is 2.98.